The molecule has 0 saturated carbocycles. The fraction of sp³-hybridized carbons (Fsp3) is 0.467. The Morgan fingerprint density at radius 2 is 1.06 bits per heavy atom. The summed E-state index contributed by atoms with van der Waals surface area (Å²) in [7, 11) is -3.35. The Hall–Kier alpha value is -2.09. The molecule has 3 nitrogen and oxygen atoms in total. The van der Waals surface area contributed by atoms with Gasteiger partial charge in [0.15, 0.2) is 16.6 Å². The summed E-state index contributed by atoms with van der Waals surface area (Å²) in [5.41, 5.74) is 2.29. The van der Waals surface area contributed by atoms with Gasteiger partial charge < -0.3 is 13.6 Å². The summed E-state index contributed by atoms with van der Waals surface area (Å²) in [6, 6.07) is 18.9. The zero-order valence-corrected chi connectivity index (χ0v) is 24.8. The van der Waals surface area contributed by atoms with E-state index in [1.54, 1.807) is 0 Å². The Kier molecular flexibility index (Phi) is 12.6. The average molecular weight is 511 g/mol. The van der Waals surface area contributed by atoms with Gasteiger partial charge in [0.1, 0.15) is 11.5 Å². The Labute approximate surface area is 216 Å². The standard InChI is InChI=1S/C30H46O3Si2/c1-7-17-27-19-9-11-21-29(27)31-23-13-15-25-35(6,33-34(3,4)5)26-16-14-24-32-30-22-12-10-20-28(30)18-8-2/h7-12,17-22H,13-16,23-26H2,1-6H3. The molecule has 192 valence electrons. The highest BCUT2D eigenvalue weighted by atomic mass is 28.4. The molecule has 0 amide bonds. The summed E-state index contributed by atoms with van der Waals surface area (Å²) < 4.78 is 19.0. The lowest BCUT2D eigenvalue weighted by molar-refractivity contribution is 0.306. The fourth-order valence-electron chi connectivity index (χ4n) is 4.39. The Balaban J connectivity index is 1.79. The van der Waals surface area contributed by atoms with Crippen molar-refractivity contribution < 1.29 is 13.6 Å². The first-order valence-corrected chi connectivity index (χ1v) is 19.4. The first-order chi connectivity index (χ1) is 16.8. The molecule has 0 aliphatic heterocycles. The minimum absolute atomic E-state index is 0.755. The summed E-state index contributed by atoms with van der Waals surface area (Å²) in [4.78, 5) is 0. The van der Waals surface area contributed by atoms with Crippen LogP contribution in [0.1, 0.15) is 50.7 Å². The van der Waals surface area contributed by atoms with Crippen LogP contribution in [0.3, 0.4) is 0 Å². The summed E-state index contributed by atoms with van der Waals surface area (Å²) >= 11 is 0. The van der Waals surface area contributed by atoms with Gasteiger partial charge in [-0.2, -0.15) is 0 Å². The molecule has 0 unspecified atom stereocenters. The third-order valence-corrected chi connectivity index (χ3v) is 13.0. The first-order valence-electron chi connectivity index (χ1n) is 13.2. The molecule has 0 heterocycles. The number of allylic oxidation sites excluding steroid dienone is 2. The molecule has 0 aliphatic carbocycles. The van der Waals surface area contributed by atoms with Crippen LogP contribution >= 0.6 is 0 Å². The second kappa shape index (κ2) is 15.1. The van der Waals surface area contributed by atoms with Crippen molar-refractivity contribution in [2.24, 2.45) is 0 Å². The van der Waals surface area contributed by atoms with E-state index in [1.807, 2.05) is 26.0 Å². The Bertz CT molecular complexity index is 866. The van der Waals surface area contributed by atoms with E-state index in [1.165, 1.54) is 12.1 Å². The van der Waals surface area contributed by atoms with E-state index in [4.69, 9.17) is 13.6 Å². The van der Waals surface area contributed by atoms with Crippen LogP contribution in [0.5, 0.6) is 11.5 Å². The highest BCUT2D eigenvalue weighted by molar-refractivity contribution is 6.84. The molecule has 2 aromatic carbocycles. The molecule has 35 heavy (non-hydrogen) atoms. The van der Waals surface area contributed by atoms with Gasteiger partial charge in [-0.25, -0.2) is 0 Å². The minimum atomic E-state index is -1.76. The van der Waals surface area contributed by atoms with Crippen molar-refractivity contribution in [1.29, 1.82) is 0 Å². The molecule has 0 saturated heterocycles. The predicted molar refractivity (Wildman–Crippen MR) is 157 cm³/mol. The maximum atomic E-state index is 6.84. The summed E-state index contributed by atoms with van der Waals surface area (Å²) in [5.74, 6) is 1.94. The number of unbranched alkanes of at least 4 members (excludes halogenated alkanes) is 2. The summed E-state index contributed by atoms with van der Waals surface area (Å²) in [6.45, 7) is 15.0. The van der Waals surface area contributed by atoms with Crippen LogP contribution in [0.4, 0.5) is 0 Å². The van der Waals surface area contributed by atoms with Gasteiger partial charge in [0.25, 0.3) is 0 Å². The zero-order valence-electron chi connectivity index (χ0n) is 22.8. The second-order valence-electron chi connectivity index (χ2n) is 10.4. The monoisotopic (exact) mass is 510 g/mol. The van der Waals surface area contributed by atoms with Crippen molar-refractivity contribution in [1.82, 2.24) is 0 Å². The molecular weight excluding hydrogens is 464 g/mol. The zero-order chi connectivity index (χ0) is 25.6. The van der Waals surface area contributed by atoms with Crippen molar-refractivity contribution in [2.75, 3.05) is 13.2 Å². The number of hydrogen-bond acceptors (Lipinski definition) is 3. The van der Waals surface area contributed by atoms with Crippen LogP contribution in [0.2, 0.25) is 38.3 Å². The molecular formula is C30H46O3Si2. The third-order valence-electron chi connectivity index (χ3n) is 5.80. The van der Waals surface area contributed by atoms with Crippen LogP contribution in [0.15, 0.2) is 60.7 Å². The smallest absolute Gasteiger partial charge is 0.176 e. The Morgan fingerprint density at radius 3 is 1.46 bits per heavy atom. The van der Waals surface area contributed by atoms with Crippen LogP contribution < -0.4 is 9.47 Å². The van der Waals surface area contributed by atoms with Gasteiger partial charge in [-0.1, -0.05) is 73.5 Å². The highest BCUT2D eigenvalue weighted by Crippen LogP contribution is 2.28. The number of para-hydroxylation sites is 2. The fourth-order valence-corrected chi connectivity index (χ4v) is 13.4. The molecule has 0 N–H and O–H groups in total. The molecule has 0 atom stereocenters. The average Bonchev–Trinajstić information content (AvgIpc) is 2.80. The molecule has 0 fully saturated rings. The predicted octanol–water partition coefficient (Wildman–Crippen LogP) is 9.20. The largest absolute Gasteiger partial charge is 0.493 e. The van der Waals surface area contributed by atoms with E-state index in [-0.39, 0.29) is 0 Å². The molecule has 0 spiro atoms. The van der Waals surface area contributed by atoms with E-state index >= 15 is 0 Å². The van der Waals surface area contributed by atoms with Crippen molar-refractivity contribution in [3.05, 3.63) is 71.8 Å². The van der Waals surface area contributed by atoms with Crippen LogP contribution in [0.25, 0.3) is 12.2 Å². The van der Waals surface area contributed by atoms with E-state index in [9.17, 15) is 0 Å². The van der Waals surface area contributed by atoms with Gasteiger partial charge in [0.05, 0.1) is 13.2 Å². The van der Waals surface area contributed by atoms with E-state index in [2.05, 4.69) is 86.9 Å². The molecule has 5 heteroatoms. The maximum absolute atomic E-state index is 6.84. The van der Waals surface area contributed by atoms with E-state index in [0.29, 0.717) is 0 Å². The number of rotatable bonds is 16. The van der Waals surface area contributed by atoms with Crippen molar-refractivity contribution >= 4 is 28.8 Å². The number of ether oxygens (including phenoxy) is 2. The first kappa shape index (κ1) is 29.1. The molecule has 0 radical (unpaired) electrons. The summed E-state index contributed by atoms with van der Waals surface area (Å²) in [5, 5.41) is 0. The molecule has 2 rings (SSSR count). The van der Waals surface area contributed by atoms with Gasteiger partial charge in [0.2, 0.25) is 0 Å². The van der Waals surface area contributed by atoms with Crippen molar-refractivity contribution in [2.45, 2.75) is 77.8 Å². The summed E-state index contributed by atoms with van der Waals surface area (Å²) in [6.07, 6.45) is 12.8. The lowest BCUT2D eigenvalue weighted by Gasteiger charge is -2.35. The quantitative estimate of drug-likeness (QED) is 0.166. The minimum Gasteiger partial charge on any atom is -0.493 e. The molecule has 0 bridgehead atoms. The van der Waals surface area contributed by atoms with E-state index < -0.39 is 16.6 Å². The van der Waals surface area contributed by atoms with Crippen LogP contribution in [-0.4, -0.2) is 29.8 Å². The molecule has 0 aromatic heterocycles. The number of benzene rings is 2. The molecule has 2 aromatic rings. The van der Waals surface area contributed by atoms with Gasteiger partial charge in [-0.05, 0) is 77.1 Å². The van der Waals surface area contributed by atoms with Gasteiger partial charge in [-0.3, -0.25) is 0 Å². The van der Waals surface area contributed by atoms with Crippen LogP contribution in [0, 0.1) is 0 Å². The van der Waals surface area contributed by atoms with E-state index in [0.717, 1.165) is 61.5 Å². The van der Waals surface area contributed by atoms with Crippen molar-refractivity contribution in [3.63, 3.8) is 0 Å². The SMILES string of the molecule is CC=Cc1ccccc1OCCCC[Si](C)(CCCCOc1ccccc1C=CC)O[Si](C)(C)C. The second-order valence-corrected chi connectivity index (χ2v) is 19.3. The molecule has 0 aliphatic rings. The number of hydrogen-bond donors (Lipinski definition) is 0. The van der Waals surface area contributed by atoms with Gasteiger partial charge >= 0.3 is 0 Å². The van der Waals surface area contributed by atoms with Crippen LogP contribution in [-0.2, 0) is 4.12 Å². The third kappa shape index (κ3) is 11.5. The van der Waals surface area contributed by atoms with Crippen molar-refractivity contribution in [3.8, 4) is 11.5 Å². The lowest BCUT2D eigenvalue weighted by atomic mass is 10.2. The van der Waals surface area contributed by atoms with Gasteiger partial charge in [-0.15, -0.1) is 0 Å². The topological polar surface area (TPSA) is 27.7 Å². The lowest BCUT2D eigenvalue weighted by Crippen LogP contribution is -2.44. The normalized spacial score (nSPS) is 13.9. The van der Waals surface area contributed by atoms with Gasteiger partial charge in [0, 0.05) is 11.1 Å². The Morgan fingerprint density at radius 1 is 0.629 bits per heavy atom. The maximum Gasteiger partial charge on any atom is 0.176 e. The highest BCUT2D eigenvalue weighted by Gasteiger charge is 2.33.